The lowest BCUT2D eigenvalue weighted by Gasteiger charge is -2.16. The second-order valence-corrected chi connectivity index (χ2v) is 6.27. The van der Waals surface area contributed by atoms with E-state index in [1.54, 1.807) is 31.5 Å². The third-order valence-corrected chi connectivity index (χ3v) is 4.68. The highest BCUT2D eigenvalue weighted by Crippen LogP contribution is 2.20. The van der Waals surface area contributed by atoms with Gasteiger partial charge in [-0.15, -0.1) is 0 Å². The molecule has 1 atom stereocenters. The molecule has 112 valence electrons. The summed E-state index contributed by atoms with van der Waals surface area (Å²) in [7, 11) is -3.87. The molecule has 7 heteroatoms. The smallest absolute Gasteiger partial charge is 0.241 e. The summed E-state index contributed by atoms with van der Waals surface area (Å²) in [5.41, 5.74) is 6.59. The molecule has 0 aliphatic heterocycles. The van der Waals surface area contributed by atoms with Crippen LogP contribution >= 0.6 is 0 Å². The maximum absolute atomic E-state index is 13.3. The summed E-state index contributed by atoms with van der Waals surface area (Å²) in [6.45, 7) is 1.70. The van der Waals surface area contributed by atoms with Crippen LogP contribution in [0.15, 0.2) is 47.6 Å². The SMILES string of the molecule is CC(NS(=O)(=O)c1cc(F)ccc1CN)c1cccnc1. The average molecular weight is 309 g/mol. The third kappa shape index (κ3) is 3.63. The molecule has 0 radical (unpaired) electrons. The molecule has 21 heavy (non-hydrogen) atoms. The van der Waals surface area contributed by atoms with E-state index >= 15 is 0 Å². The molecule has 0 aliphatic carbocycles. The highest BCUT2D eigenvalue weighted by Gasteiger charge is 2.22. The number of hydrogen-bond acceptors (Lipinski definition) is 4. The number of rotatable bonds is 5. The van der Waals surface area contributed by atoms with E-state index in [0.29, 0.717) is 11.1 Å². The number of nitrogens with zero attached hydrogens (tertiary/aromatic N) is 1. The second-order valence-electron chi connectivity index (χ2n) is 4.59. The number of pyridine rings is 1. The Morgan fingerprint density at radius 3 is 2.76 bits per heavy atom. The molecule has 0 saturated carbocycles. The molecule has 3 N–H and O–H groups in total. The number of nitrogens with two attached hydrogens (primary N) is 1. The van der Waals surface area contributed by atoms with Crippen LogP contribution in [0.5, 0.6) is 0 Å². The van der Waals surface area contributed by atoms with Crippen LogP contribution < -0.4 is 10.5 Å². The van der Waals surface area contributed by atoms with Gasteiger partial charge in [-0.25, -0.2) is 17.5 Å². The Hall–Kier alpha value is -1.83. The topological polar surface area (TPSA) is 85.1 Å². The van der Waals surface area contributed by atoms with E-state index in [4.69, 9.17) is 5.73 Å². The van der Waals surface area contributed by atoms with Gasteiger partial charge in [0.25, 0.3) is 0 Å². The third-order valence-electron chi connectivity index (χ3n) is 3.05. The van der Waals surface area contributed by atoms with Crippen LogP contribution in [0.1, 0.15) is 24.1 Å². The number of hydrogen-bond donors (Lipinski definition) is 2. The summed E-state index contributed by atoms with van der Waals surface area (Å²) < 4.78 is 40.6. The standard InChI is InChI=1S/C14H16FN3O2S/c1-10(12-3-2-6-17-9-12)18-21(19,20)14-7-13(15)5-4-11(14)8-16/h2-7,9-10,18H,8,16H2,1H3. The minimum Gasteiger partial charge on any atom is -0.326 e. The van der Waals surface area contributed by atoms with Gasteiger partial charge in [0.05, 0.1) is 4.90 Å². The van der Waals surface area contributed by atoms with Gasteiger partial charge < -0.3 is 5.73 Å². The van der Waals surface area contributed by atoms with Crippen molar-refractivity contribution < 1.29 is 12.8 Å². The summed E-state index contributed by atoms with van der Waals surface area (Å²) in [6, 6.07) is 6.52. The molecule has 0 aliphatic rings. The molecule has 1 unspecified atom stereocenters. The second kappa shape index (κ2) is 6.30. The van der Waals surface area contributed by atoms with Crippen LogP contribution in [-0.4, -0.2) is 13.4 Å². The lowest BCUT2D eigenvalue weighted by Crippen LogP contribution is -2.28. The first-order chi connectivity index (χ1) is 9.94. The Morgan fingerprint density at radius 1 is 1.38 bits per heavy atom. The van der Waals surface area contributed by atoms with Crippen molar-refractivity contribution >= 4 is 10.0 Å². The first-order valence-corrected chi connectivity index (χ1v) is 7.83. The Balaban J connectivity index is 2.33. The van der Waals surface area contributed by atoms with Crippen LogP contribution in [0, 0.1) is 5.82 Å². The molecule has 0 bridgehead atoms. The largest absolute Gasteiger partial charge is 0.326 e. The minimum absolute atomic E-state index is 0.0117. The van der Waals surface area contributed by atoms with Gasteiger partial charge in [0, 0.05) is 25.0 Å². The summed E-state index contributed by atoms with van der Waals surface area (Å²) in [5.74, 6) is -0.624. The number of sulfonamides is 1. The Kier molecular flexibility index (Phi) is 4.66. The first-order valence-electron chi connectivity index (χ1n) is 6.35. The van der Waals surface area contributed by atoms with Crippen LogP contribution in [0.25, 0.3) is 0 Å². The predicted molar refractivity (Wildman–Crippen MR) is 77.3 cm³/mol. The predicted octanol–water partition coefficient (Wildman–Crippen LogP) is 1.72. The molecule has 2 rings (SSSR count). The molecule has 5 nitrogen and oxygen atoms in total. The first kappa shape index (κ1) is 15.6. The van der Waals surface area contributed by atoms with Crippen molar-refractivity contribution in [2.24, 2.45) is 5.73 Å². The van der Waals surface area contributed by atoms with Crippen LogP contribution in [0.2, 0.25) is 0 Å². The maximum atomic E-state index is 13.3. The lowest BCUT2D eigenvalue weighted by atomic mass is 10.2. The van der Waals surface area contributed by atoms with Gasteiger partial charge >= 0.3 is 0 Å². The fraction of sp³-hybridized carbons (Fsp3) is 0.214. The van der Waals surface area contributed by atoms with E-state index in [9.17, 15) is 12.8 Å². The van der Waals surface area contributed by atoms with Gasteiger partial charge in [-0.3, -0.25) is 4.98 Å². The van der Waals surface area contributed by atoms with E-state index in [0.717, 1.165) is 6.07 Å². The van der Waals surface area contributed by atoms with Crippen molar-refractivity contribution in [3.63, 3.8) is 0 Å². The quantitative estimate of drug-likeness (QED) is 0.880. The molecule has 0 saturated heterocycles. The maximum Gasteiger partial charge on any atom is 0.241 e. The number of benzene rings is 1. The molecule has 0 fully saturated rings. The van der Waals surface area contributed by atoms with Gasteiger partial charge in [0.1, 0.15) is 5.82 Å². The van der Waals surface area contributed by atoms with Crippen molar-refractivity contribution in [3.05, 3.63) is 59.7 Å². The fourth-order valence-electron chi connectivity index (χ4n) is 1.94. The summed E-state index contributed by atoms with van der Waals surface area (Å²) in [6.07, 6.45) is 3.17. The van der Waals surface area contributed by atoms with Crippen molar-refractivity contribution in [2.45, 2.75) is 24.4 Å². The van der Waals surface area contributed by atoms with Gasteiger partial charge in [-0.05, 0) is 36.2 Å². The van der Waals surface area contributed by atoms with Crippen molar-refractivity contribution in [2.75, 3.05) is 0 Å². The number of nitrogens with one attached hydrogen (secondary N) is 1. The van der Waals surface area contributed by atoms with Gasteiger partial charge in [-0.2, -0.15) is 0 Å². The Morgan fingerprint density at radius 2 is 2.14 bits per heavy atom. The molecular formula is C14H16FN3O2S. The van der Waals surface area contributed by atoms with Gasteiger partial charge in [0.15, 0.2) is 0 Å². The molecular weight excluding hydrogens is 293 g/mol. The summed E-state index contributed by atoms with van der Waals surface area (Å²) in [5, 5.41) is 0. The normalized spacial score (nSPS) is 13.1. The van der Waals surface area contributed by atoms with Crippen LogP contribution in [-0.2, 0) is 16.6 Å². The van der Waals surface area contributed by atoms with E-state index in [1.807, 2.05) is 0 Å². The van der Waals surface area contributed by atoms with Crippen molar-refractivity contribution in [1.82, 2.24) is 9.71 Å². The van der Waals surface area contributed by atoms with E-state index in [2.05, 4.69) is 9.71 Å². The summed E-state index contributed by atoms with van der Waals surface area (Å²) >= 11 is 0. The fourth-order valence-corrected chi connectivity index (χ4v) is 3.44. The molecule has 1 heterocycles. The average Bonchev–Trinajstić information content (AvgIpc) is 2.47. The minimum atomic E-state index is -3.87. The van der Waals surface area contributed by atoms with Crippen LogP contribution in [0.3, 0.4) is 0 Å². The number of halogens is 1. The summed E-state index contributed by atoms with van der Waals surface area (Å²) in [4.78, 5) is 3.80. The molecule has 2 aromatic rings. The molecule has 0 spiro atoms. The zero-order valence-electron chi connectivity index (χ0n) is 11.5. The monoisotopic (exact) mass is 309 g/mol. The van der Waals surface area contributed by atoms with Crippen molar-refractivity contribution in [3.8, 4) is 0 Å². The van der Waals surface area contributed by atoms with E-state index in [1.165, 1.54) is 12.1 Å². The molecule has 0 amide bonds. The van der Waals surface area contributed by atoms with E-state index in [-0.39, 0.29) is 11.4 Å². The van der Waals surface area contributed by atoms with Crippen molar-refractivity contribution in [1.29, 1.82) is 0 Å². The number of aromatic nitrogens is 1. The van der Waals surface area contributed by atoms with Crippen LogP contribution in [0.4, 0.5) is 4.39 Å². The van der Waals surface area contributed by atoms with Gasteiger partial charge in [-0.1, -0.05) is 12.1 Å². The highest BCUT2D eigenvalue weighted by molar-refractivity contribution is 7.89. The highest BCUT2D eigenvalue weighted by atomic mass is 32.2. The lowest BCUT2D eigenvalue weighted by molar-refractivity contribution is 0.562. The Bertz CT molecular complexity index is 720. The van der Waals surface area contributed by atoms with E-state index < -0.39 is 21.9 Å². The zero-order valence-corrected chi connectivity index (χ0v) is 12.3. The molecule has 1 aromatic carbocycles. The molecule has 1 aromatic heterocycles. The van der Waals surface area contributed by atoms with Gasteiger partial charge in [0.2, 0.25) is 10.0 Å². The Labute approximate surface area is 123 Å². The zero-order chi connectivity index (χ0) is 15.5.